The number of aryl methyl sites for hydroxylation is 1. The number of nitrogen functional groups attached to an aromatic ring is 1. The minimum absolute atomic E-state index is 0.0811. The summed E-state index contributed by atoms with van der Waals surface area (Å²) in [5.41, 5.74) is 5.81. The molecule has 0 radical (unpaired) electrons. The van der Waals surface area contributed by atoms with E-state index < -0.39 is 5.82 Å². The molecule has 0 saturated carbocycles. The molecule has 0 bridgehead atoms. The number of nitrogens with zero attached hydrogens (tertiary/aromatic N) is 3. The second-order valence-corrected chi connectivity index (χ2v) is 3.56. The van der Waals surface area contributed by atoms with Gasteiger partial charge in [-0.3, -0.25) is 4.68 Å². The average molecular weight is 252 g/mol. The summed E-state index contributed by atoms with van der Waals surface area (Å²) in [5.74, 6) is -0.195. The van der Waals surface area contributed by atoms with Gasteiger partial charge in [0.15, 0.2) is 17.3 Å². The molecular formula is C11H13FN4O2. The molecule has 0 aliphatic rings. The Bertz CT molecular complexity index is 556. The minimum Gasteiger partial charge on any atom is -0.491 e. The fourth-order valence-electron chi connectivity index (χ4n) is 1.37. The van der Waals surface area contributed by atoms with Gasteiger partial charge in [-0.2, -0.15) is 4.98 Å². The molecular weight excluding hydrogens is 239 g/mol. The van der Waals surface area contributed by atoms with Crippen LogP contribution in [0.3, 0.4) is 0 Å². The zero-order chi connectivity index (χ0) is 13.1. The Morgan fingerprint density at radius 3 is 2.78 bits per heavy atom. The molecule has 18 heavy (non-hydrogen) atoms. The zero-order valence-corrected chi connectivity index (χ0v) is 10.1. The standard InChI is InChI=1S/C11H13FN4O2/c1-3-17-9-5-10(8(13)4-7(9)12)18-11-14-6-16(2)15-11/h4-6H,3,13H2,1-2H3. The van der Waals surface area contributed by atoms with E-state index in [0.717, 1.165) is 6.07 Å². The molecule has 2 N–H and O–H groups in total. The predicted molar refractivity (Wildman–Crippen MR) is 63.1 cm³/mol. The van der Waals surface area contributed by atoms with Gasteiger partial charge in [-0.25, -0.2) is 4.39 Å². The molecule has 0 saturated heterocycles. The third-order valence-corrected chi connectivity index (χ3v) is 2.14. The second-order valence-electron chi connectivity index (χ2n) is 3.56. The van der Waals surface area contributed by atoms with Crippen LogP contribution in [0.2, 0.25) is 0 Å². The molecule has 0 unspecified atom stereocenters. The SMILES string of the molecule is CCOc1cc(Oc2ncn(C)n2)c(N)cc1F. The largest absolute Gasteiger partial charge is 0.491 e. The van der Waals surface area contributed by atoms with Gasteiger partial charge in [-0.15, -0.1) is 5.10 Å². The number of rotatable bonds is 4. The molecule has 0 aliphatic heterocycles. The molecule has 0 aliphatic carbocycles. The lowest BCUT2D eigenvalue weighted by Gasteiger charge is -2.09. The van der Waals surface area contributed by atoms with Crippen molar-refractivity contribution in [1.82, 2.24) is 14.8 Å². The van der Waals surface area contributed by atoms with E-state index in [-0.39, 0.29) is 23.2 Å². The second kappa shape index (κ2) is 4.91. The lowest BCUT2D eigenvalue weighted by Crippen LogP contribution is -1.99. The Labute approximate surface area is 103 Å². The monoisotopic (exact) mass is 252 g/mol. The third-order valence-electron chi connectivity index (χ3n) is 2.14. The van der Waals surface area contributed by atoms with E-state index in [1.165, 1.54) is 17.1 Å². The van der Waals surface area contributed by atoms with Crippen LogP contribution in [0.25, 0.3) is 0 Å². The van der Waals surface area contributed by atoms with Crippen LogP contribution in [0.5, 0.6) is 17.5 Å². The van der Waals surface area contributed by atoms with E-state index in [9.17, 15) is 4.39 Å². The van der Waals surface area contributed by atoms with Crippen LogP contribution in [0.1, 0.15) is 6.92 Å². The van der Waals surface area contributed by atoms with Crippen molar-refractivity contribution in [3.05, 3.63) is 24.3 Å². The molecule has 0 fully saturated rings. The highest BCUT2D eigenvalue weighted by molar-refractivity contribution is 5.57. The maximum absolute atomic E-state index is 13.5. The fraction of sp³-hybridized carbons (Fsp3) is 0.273. The average Bonchev–Trinajstić information content (AvgIpc) is 2.71. The number of hydrogen-bond acceptors (Lipinski definition) is 5. The van der Waals surface area contributed by atoms with Gasteiger partial charge < -0.3 is 15.2 Å². The van der Waals surface area contributed by atoms with E-state index in [4.69, 9.17) is 15.2 Å². The van der Waals surface area contributed by atoms with Crippen LogP contribution in [-0.2, 0) is 7.05 Å². The highest BCUT2D eigenvalue weighted by Crippen LogP contribution is 2.32. The first-order chi connectivity index (χ1) is 8.60. The quantitative estimate of drug-likeness (QED) is 0.838. The molecule has 1 aromatic carbocycles. The van der Waals surface area contributed by atoms with Crippen molar-refractivity contribution in [3.63, 3.8) is 0 Å². The number of ether oxygens (including phenoxy) is 2. The van der Waals surface area contributed by atoms with Crippen molar-refractivity contribution in [1.29, 1.82) is 0 Å². The van der Waals surface area contributed by atoms with Crippen LogP contribution in [0, 0.1) is 5.82 Å². The molecule has 2 rings (SSSR count). The molecule has 1 aromatic heterocycles. The van der Waals surface area contributed by atoms with Crippen LogP contribution in [0.15, 0.2) is 18.5 Å². The normalized spacial score (nSPS) is 10.4. The first-order valence-corrected chi connectivity index (χ1v) is 5.35. The number of anilines is 1. The van der Waals surface area contributed by atoms with Gasteiger partial charge >= 0.3 is 6.01 Å². The number of hydrogen-bond donors (Lipinski definition) is 1. The Morgan fingerprint density at radius 1 is 1.39 bits per heavy atom. The Balaban J connectivity index is 2.29. The van der Waals surface area contributed by atoms with E-state index in [2.05, 4.69) is 10.1 Å². The molecule has 2 aromatic rings. The summed E-state index contributed by atoms with van der Waals surface area (Å²) >= 11 is 0. The number of nitrogens with two attached hydrogens (primary N) is 1. The maximum atomic E-state index is 13.5. The molecule has 0 spiro atoms. The summed E-state index contributed by atoms with van der Waals surface area (Å²) in [5, 5.41) is 3.94. The summed E-state index contributed by atoms with van der Waals surface area (Å²) < 4.78 is 25.4. The Kier molecular flexibility index (Phi) is 3.31. The first-order valence-electron chi connectivity index (χ1n) is 5.35. The zero-order valence-electron chi connectivity index (χ0n) is 10.1. The van der Waals surface area contributed by atoms with Gasteiger partial charge in [0.1, 0.15) is 6.33 Å². The molecule has 96 valence electrons. The van der Waals surface area contributed by atoms with Crippen LogP contribution >= 0.6 is 0 Å². The summed E-state index contributed by atoms with van der Waals surface area (Å²) in [7, 11) is 1.71. The summed E-state index contributed by atoms with van der Waals surface area (Å²) in [6, 6.07) is 2.66. The van der Waals surface area contributed by atoms with Crippen molar-refractivity contribution < 1.29 is 13.9 Å². The van der Waals surface area contributed by atoms with Gasteiger partial charge in [0.2, 0.25) is 0 Å². The Hall–Kier alpha value is -2.31. The smallest absolute Gasteiger partial charge is 0.341 e. The maximum Gasteiger partial charge on any atom is 0.341 e. The number of halogens is 1. The van der Waals surface area contributed by atoms with Crippen LogP contribution in [-0.4, -0.2) is 21.4 Å². The van der Waals surface area contributed by atoms with Crippen LogP contribution < -0.4 is 15.2 Å². The molecule has 7 heteroatoms. The van der Waals surface area contributed by atoms with E-state index >= 15 is 0 Å². The predicted octanol–water partition coefficient (Wildman–Crippen LogP) is 1.73. The van der Waals surface area contributed by atoms with Gasteiger partial charge in [0, 0.05) is 19.2 Å². The molecule has 1 heterocycles. The highest BCUT2D eigenvalue weighted by Gasteiger charge is 2.12. The molecule has 0 atom stereocenters. The first kappa shape index (κ1) is 12.2. The van der Waals surface area contributed by atoms with E-state index in [1.54, 1.807) is 14.0 Å². The summed E-state index contributed by atoms with van der Waals surface area (Å²) in [6.07, 6.45) is 1.48. The van der Waals surface area contributed by atoms with E-state index in [0.29, 0.717) is 6.61 Å². The van der Waals surface area contributed by atoms with Crippen molar-refractivity contribution in [3.8, 4) is 17.5 Å². The topological polar surface area (TPSA) is 75.2 Å². The third kappa shape index (κ3) is 2.50. The van der Waals surface area contributed by atoms with Gasteiger partial charge in [0.25, 0.3) is 0 Å². The van der Waals surface area contributed by atoms with Gasteiger partial charge in [0.05, 0.1) is 12.3 Å². The lowest BCUT2D eigenvalue weighted by molar-refractivity contribution is 0.319. The van der Waals surface area contributed by atoms with Crippen molar-refractivity contribution in [2.75, 3.05) is 12.3 Å². The van der Waals surface area contributed by atoms with Crippen molar-refractivity contribution >= 4 is 5.69 Å². The number of aromatic nitrogens is 3. The van der Waals surface area contributed by atoms with Crippen molar-refractivity contribution in [2.24, 2.45) is 7.05 Å². The molecule has 0 amide bonds. The van der Waals surface area contributed by atoms with Crippen LogP contribution in [0.4, 0.5) is 10.1 Å². The van der Waals surface area contributed by atoms with Gasteiger partial charge in [-0.05, 0) is 6.92 Å². The lowest BCUT2D eigenvalue weighted by atomic mass is 10.2. The fourth-order valence-corrected chi connectivity index (χ4v) is 1.37. The van der Waals surface area contributed by atoms with E-state index in [1.807, 2.05) is 0 Å². The highest BCUT2D eigenvalue weighted by atomic mass is 19.1. The number of benzene rings is 1. The van der Waals surface area contributed by atoms with Gasteiger partial charge in [-0.1, -0.05) is 0 Å². The summed E-state index contributed by atoms with van der Waals surface area (Å²) in [4.78, 5) is 3.89. The summed E-state index contributed by atoms with van der Waals surface area (Å²) in [6.45, 7) is 2.11. The van der Waals surface area contributed by atoms with Crippen molar-refractivity contribution in [2.45, 2.75) is 6.92 Å². The minimum atomic E-state index is -0.532. The molecule has 6 nitrogen and oxygen atoms in total. The Morgan fingerprint density at radius 2 is 2.17 bits per heavy atom.